The fourth-order valence-corrected chi connectivity index (χ4v) is 3.71. The maximum atomic E-state index is 12.8. The molecule has 0 saturated carbocycles. The van der Waals surface area contributed by atoms with Gasteiger partial charge in [-0.1, -0.05) is 6.07 Å². The third-order valence-electron chi connectivity index (χ3n) is 3.73. The van der Waals surface area contributed by atoms with E-state index in [1.165, 1.54) is 13.0 Å². The topological polar surface area (TPSA) is 61.4 Å². The van der Waals surface area contributed by atoms with E-state index < -0.39 is 21.8 Å². The van der Waals surface area contributed by atoms with Crippen molar-refractivity contribution in [3.8, 4) is 0 Å². The van der Waals surface area contributed by atoms with Crippen LogP contribution in [0.3, 0.4) is 0 Å². The average Bonchev–Trinajstić information content (AvgIpc) is 2.47. The van der Waals surface area contributed by atoms with Crippen LogP contribution in [0.1, 0.15) is 11.1 Å². The van der Waals surface area contributed by atoms with Crippen molar-refractivity contribution in [1.29, 1.82) is 0 Å². The molecule has 1 aliphatic heterocycles. The van der Waals surface area contributed by atoms with Gasteiger partial charge in [-0.15, -0.1) is 0 Å². The van der Waals surface area contributed by atoms with Gasteiger partial charge in [-0.25, -0.2) is 13.1 Å². The van der Waals surface area contributed by atoms with Crippen molar-refractivity contribution in [2.24, 2.45) is 0 Å². The second kappa shape index (κ2) is 7.16. The van der Waals surface area contributed by atoms with E-state index in [2.05, 4.69) is 14.9 Å². The summed E-state index contributed by atoms with van der Waals surface area (Å²) >= 11 is 0. The molecule has 0 spiro atoms. The molecule has 1 aliphatic rings. The van der Waals surface area contributed by atoms with Crippen molar-refractivity contribution in [3.05, 3.63) is 29.3 Å². The summed E-state index contributed by atoms with van der Waals surface area (Å²) in [5.41, 5.74) is -0.682. The fourth-order valence-electron chi connectivity index (χ4n) is 2.42. The first-order valence-corrected chi connectivity index (χ1v) is 8.79. The van der Waals surface area contributed by atoms with E-state index in [9.17, 15) is 21.6 Å². The highest BCUT2D eigenvalue weighted by Gasteiger charge is 2.32. The molecule has 1 fully saturated rings. The molecule has 0 bridgehead atoms. The molecule has 0 unspecified atom stereocenters. The SMILES string of the molecule is Cc1ccc(C(F)(F)F)cc1S(=O)(=O)NCCN1CCNCC1. The van der Waals surface area contributed by atoms with Crippen LogP contribution in [0.4, 0.5) is 13.2 Å². The Morgan fingerprint density at radius 1 is 1.26 bits per heavy atom. The Hall–Kier alpha value is -1.16. The predicted octanol–water partition coefficient (Wildman–Crippen LogP) is 1.20. The first-order valence-electron chi connectivity index (χ1n) is 7.31. The van der Waals surface area contributed by atoms with Crippen LogP contribution in [0, 0.1) is 6.92 Å². The van der Waals surface area contributed by atoms with E-state index in [1.54, 1.807) is 0 Å². The Labute approximate surface area is 133 Å². The van der Waals surface area contributed by atoms with Crippen LogP contribution < -0.4 is 10.0 Å². The van der Waals surface area contributed by atoms with Gasteiger partial charge in [0.2, 0.25) is 10.0 Å². The Morgan fingerprint density at radius 3 is 2.52 bits per heavy atom. The second-order valence-electron chi connectivity index (χ2n) is 5.47. The molecule has 9 heteroatoms. The van der Waals surface area contributed by atoms with E-state index in [1.807, 2.05) is 0 Å². The van der Waals surface area contributed by atoms with Gasteiger partial charge in [-0.3, -0.25) is 4.90 Å². The number of halogens is 3. The molecule has 1 heterocycles. The lowest BCUT2D eigenvalue weighted by atomic mass is 10.1. The number of aryl methyl sites for hydroxylation is 1. The number of hydrogen-bond acceptors (Lipinski definition) is 4. The number of nitrogens with one attached hydrogen (secondary N) is 2. The van der Waals surface area contributed by atoms with Crippen LogP contribution in [-0.2, 0) is 16.2 Å². The normalized spacial score (nSPS) is 17.4. The van der Waals surface area contributed by atoms with Crippen molar-refractivity contribution < 1.29 is 21.6 Å². The van der Waals surface area contributed by atoms with E-state index in [0.29, 0.717) is 12.6 Å². The summed E-state index contributed by atoms with van der Waals surface area (Å²) in [5, 5.41) is 3.19. The molecule has 130 valence electrons. The molecule has 2 rings (SSSR count). The molecule has 2 N–H and O–H groups in total. The summed E-state index contributed by atoms with van der Waals surface area (Å²) < 4.78 is 65.2. The number of hydrogen-bond donors (Lipinski definition) is 2. The van der Waals surface area contributed by atoms with Gasteiger partial charge in [0.05, 0.1) is 10.5 Å². The zero-order valence-corrected chi connectivity index (χ0v) is 13.6. The summed E-state index contributed by atoms with van der Waals surface area (Å²) in [6, 6.07) is 2.74. The maximum absolute atomic E-state index is 12.8. The minimum Gasteiger partial charge on any atom is -0.314 e. The molecule has 0 aromatic heterocycles. The average molecular weight is 351 g/mol. The van der Waals surface area contributed by atoms with Gasteiger partial charge in [0.25, 0.3) is 0 Å². The highest BCUT2D eigenvalue weighted by Crippen LogP contribution is 2.31. The monoisotopic (exact) mass is 351 g/mol. The maximum Gasteiger partial charge on any atom is 0.416 e. The number of rotatable bonds is 5. The zero-order chi connectivity index (χ0) is 17.1. The molecule has 1 aromatic carbocycles. The molecule has 0 atom stereocenters. The number of benzene rings is 1. The van der Waals surface area contributed by atoms with Crippen LogP contribution >= 0.6 is 0 Å². The summed E-state index contributed by atoms with van der Waals surface area (Å²) in [4.78, 5) is 1.77. The smallest absolute Gasteiger partial charge is 0.314 e. The molecule has 1 saturated heterocycles. The fraction of sp³-hybridized carbons (Fsp3) is 0.571. The Kier molecular flexibility index (Phi) is 5.66. The van der Waals surface area contributed by atoms with Gasteiger partial charge in [-0.05, 0) is 24.6 Å². The van der Waals surface area contributed by atoms with Crippen molar-refractivity contribution in [1.82, 2.24) is 14.9 Å². The molecular formula is C14H20F3N3O2S. The number of nitrogens with zero attached hydrogens (tertiary/aromatic N) is 1. The largest absolute Gasteiger partial charge is 0.416 e. The Bertz CT molecular complexity index is 641. The summed E-state index contributed by atoms with van der Waals surface area (Å²) in [6.07, 6.45) is -4.57. The van der Waals surface area contributed by atoms with Crippen LogP contribution in [0.2, 0.25) is 0 Å². The summed E-state index contributed by atoms with van der Waals surface area (Å²) in [7, 11) is -3.97. The van der Waals surface area contributed by atoms with Crippen LogP contribution in [0.25, 0.3) is 0 Å². The molecule has 0 aliphatic carbocycles. The minimum absolute atomic E-state index is 0.165. The Balaban J connectivity index is 2.06. The lowest BCUT2D eigenvalue weighted by Gasteiger charge is -2.27. The molecule has 23 heavy (non-hydrogen) atoms. The quantitative estimate of drug-likeness (QED) is 0.837. The van der Waals surface area contributed by atoms with Gasteiger partial charge in [0, 0.05) is 39.3 Å². The number of alkyl halides is 3. The van der Waals surface area contributed by atoms with Gasteiger partial charge < -0.3 is 5.32 Å². The predicted molar refractivity (Wildman–Crippen MR) is 80.7 cm³/mol. The van der Waals surface area contributed by atoms with Crippen LogP contribution in [0.15, 0.2) is 23.1 Å². The highest BCUT2D eigenvalue weighted by molar-refractivity contribution is 7.89. The van der Waals surface area contributed by atoms with Crippen molar-refractivity contribution in [3.63, 3.8) is 0 Å². The Morgan fingerprint density at radius 2 is 1.91 bits per heavy atom. The van der Waals surface area contributed by atoms with Crippen molar-refractivity contribution >= 4 is 10.0 Å². The third-order valence-corrected chi connectivity index (χ3v) is 5.34. The first kappa shape index (κ1) is 18.2. The zero-order valence-electron chi connectivity index (χ0n) is 12.8. The highest BCUT2D eigenvalue weighted by atomic mass is 32.2. The third kappa shape index (κ3) is 4.90. The second-order valence-corrected chi connectivity index (χ2v) is 7.20. The molecule has 0 radical (unpaired) electrons. The summed E-state index contributed by atoms with van der Waals surface area (Å²) in [5.74, 6) is 0. The van der Waals surface area contributed by atoms with Crippen molar-refractivity contribution in [2.75, 3.05) is 39.3 Å². The minimum atomic E-state index is -4.57. The van der Waals surface area contributed by atoms with Gasteiger partial charge in [-0.2, -0.15) is 13.2 Å². The lowest BCUT2D eigenvalue weighted by molar-refractivity contribution is -0.137. The van der Waals surface area contributed by atoms with E-state index >= 15 is 0 Å². The molecule has 1 aromatic rings. The number of sulfonamides is 1. The molecular weight excluding hydrogens is 331 g/mol. The molecule has 5 nitrogen and oxygen atoms in total. The van der Waals surface area contributed by atoms with E-state index in [0.717, 1.165) is 32.2 Å². The first-order chi connectivity index (χ1) is 10.7. The van der Waals surface area contributed by atoms with Crippen molar-refractivity contribution in [2.45, 2.75) is 18.0 Å². The van der Waals surface area contributed by atoms with Crippen LogP contribution in [0.5, 0.6) is 0 Å². The van der Waals surface area contributed by atoms with E-state index in [-0.39, 0.29) is 17.0 Å². The standard InChI is InChI=1S/C14H20F3N3O2S/c1-11-2-3-12(14(15,16)17)10-13(11)23(21,22)19-6-9-20-7-4-18-5-8-20/h2-3,10,18-19H,4-9H2,1H3. The van der Waals surface area contributed by atoms with Gasteiger partial charge >= 0.3 is 6.18 Å². The van der Waals surface area contributed by atoms with Gasteiger partial charge in [0.1, 0.15) is 0 Å². The number of piperazine rings is 1. The molecule has 0 amide bonds. The summed E-state index contributed by atoms with van der Waals surface area (Å²) in [6.45, 7) is 5.51. The van der Waals surface area contributed by atoms with Gasteiger partial charge in [0.15, 0.2) is 0 Å². The van der Waals surface area contributed by atoms with E-state index in [4.69, 9.17) is 0 Å². The van der Waals surface area contributed by atoms with Crippen LogP contribution in [-0.4, -0.2) is 52.6 Å². The lowest BCUT2D eigenvalue weighted by Crippen LogP contribution is -2.46.